The standard InChI is InChI=1S/C29H21N3/c1-18-20-9-3-6-12-24(20)31-26-14-8-5-11-22(26)23-15-16-30-17-27(23)32-25-13-7-4-10-21(25)19(2)29(32)28(18)31/h3-17H,1-2H3. The number of hydrogen-bond acceptors (Lipinski definition) is 1. The van der Waals surface area contributed by atoms with E-state index in [0.717, 1.165) is 5.52 Å². The molecule has 0 fully saturated rings. The minimum absolute atomic E-state index is 1.12. The van der Waals surface area contributed by atoms with Gasteiger partial charge in [0.25, 0.3) is 0 Å². The average molecular weight is 412 g/mol. The first-order valence-electron chi connectivity index (χ1n) is 11.0. The fourth-order valence-corrected chi connectivity index (χ4v) is 5.56. The third kappa shape index (κ3) is 2.08. The largest absolute Gasteiger partial charge is 0.307 e. The molecule has 152 valence electrons. The molecular formula is C29H21N3. The Kier molecular flexibility index (Phi) is 3.41. The molecule has 32 heavy (non-hydrogen) atoms. The van der Waals surface area contributed by atoms with E-state index in [1.54, 1.807) is 0 Å². The summed E-state index contributed by atoms with van der Waals surface area (Å²) in [7, 11) is 0. The van der Waals surface area contributed by atoms with Crippen LogP contribution in [0.25, 0.3) is 54.6 Å². The van der Waals surface area contributed by atoms with E-state index < -0.39 is 0 Å². The zero-order valence-electron chi connectivity index (χ0n) is 18.0. The Bertz CT molecular complexity index is 1760. The Morgan fingerprint density at radius 2 is 0.938 bits per heavy atom. The van der Waals surface area contributed by atoms with Gasteiger partial charge in [-0.25, -0.2) is 0 Å². The van der Waals surface area contributed by atoms with Crippen LogP contribution in [0.15, 0.2) is 91.3 Å². The van der Waals surface area contributed by atoms with E-state index in [1.165, 1.54) is 60.3 Å². The number of para-hydroxylation sites is 3. The molecule has 0 amide bonds. The Morgan fingerprint density at radius 3 is 1.53 bits per heavy atom. The van der Waals surface area contributed by atoms with Gasteiger partial charge in [-0.3, -0.25) is 4.98 Å². The van der Waals surface area contributed by atoms with Crippen molar-refractivity contribution in [1.29, 1.82) is 0 Å². The minimum Gasteiger partial charge on any atom is -0.307 e. The van der Waals surface area contributed by atoms with Crippen molar-refractivity contribution in [3.8, 4) is 0 Å². The van der Waals surface area contributed by atoms with E-state index in [9.17, 15) is 0 Å². The van der Waals surface area contributed by atoms with Gasteiger partial charge in [-0.1, -0.05) is 54.6 Å². The summed E-state index contributed by atoms with van der Waals surface area (Å²) in [6.07, 6.45) is 3.91. The van der Waals surface area contributed by atoms with Crippen LogP contribution in [0.5, 0.6) is 0 Å². The van der Waals surface area contributed by atoms with Crippen LogP contribution in [-0.4, -0.2) is 13.8 Å². The van der Waals surface area contributed by atoms with Crippen LogP contribution < -0.4 is 0 Å². The summed E-state index contributed by atoms with van der Waals surface area (Å²) in [6, 6.07) is 28.3. The number of fused-ring (bicyclic) bond motifs is 12. The Hall–Kier alpha value is -4.11. The maximum Gasteiger partial charge on any atom is 0.0742 e. The maximum absolute atomic E-state index is 4.55. The van der Waals surface area contributed by atoms with Gasteiger partial charge >= 0.3 is 0 Å². The van der Waals surface area contributed by atoms with Crippen molar-refractivity contribution >= 4 is 54.6 Å². The van der Waals surface area contributed by atoms with Crippen molar-refractivity contribution in [2.45, 2.75) is 13.8 Å². The summed E-state index contributed by atoms with van der Waals surface area (Å²) in [5, 5.41) is 4.98. The SMILES string of the molecule is Cc1c2ccccc2n2c3ccccc3c3ccncc3n3c4ccccc4c(C)c3c12. The third-order valence-corrected chi connectivity index (χ3v) is 6.96. The van der Waals surface area contributed by atoms with E-state index in [4.69, 9.17) is 0 Å². The monoisotopic (exact) mass is 411 g/mol. The molecule has 0 bridgehead atoms. The topological polar surface area (TPSA) is 21.7 Å². The van der Waals surface area contributed by atoms with Crippen LogP contribution >= 0.6 is 0 Å². The van der Waals surface area contributed by atoms with Crippen LogP contribution in [0.4, 0.5) is 0 Å². The van der Waals surface area contributed by atoms with Gasteiger partial charge in [0, 0.05) is 27.7 Å². The molecule has 0 saturated heterocycles. The lowest BCUT2D eigenvalue weighted by molar-refractivity contribution is 1.26. The van der Waals surface area contributed by atoms with Crippen LogP contribution in [0.1, 0.15) is 11.1 Å². The van der Waals surface area contributed by atoms with Crippen LogP contribution in [-0.2, 0) is 0 Å². The second kappa shape index (κ2) is 6.21. The molecule has 0 spiro atoms. The molecule has 0 saturated carbocycles. The van der Waals surface area contributed by atoms with E-state index >= 15 is 0 Å². The third-order valence-electron chi connectivity index (χ3n) is 6.96. The normalized spacial score (nSPS) is 12.1. The van der Waals surface area contributed by atoms with Gasteiger partial charge < -0.3 is 8.80 Å². The van der Waals surface area contributed by atoms with Gasteiger partial charge in [-0.2, -0.15) is 0 Å². The molecule has 7 aromatic rings. The van der Waals surface area contributed by atoms with E-state index in [0.29, 0.717) is 0 Å². The number of aromatic nitrogens is 3. The van der Waals surface area contributed by atoms with Gasteiger partial charge in [0.15, 0.2) is 0 Å². The van der Waals surface area contributed by atoms with Crippen LogP contribution in [0, 0.1) is 13.8 Å². The highest BCUT2D eigenvalue weighted by Gasteiger charge is 2.18. The van der Waals surface area contributed by atoms with E-state index in [1.807, 2.05) is 12.4 Å². The van der Waals surface area contributed by atoms with Crippen molar-refractivity contribution in [3.05, 3.63) is 102 Å². The molecule has 0 atom stereocenters. The Balaban J connectivity index is 2.04. The first kappa shape index (κ1) is 17.6. The average Bonchev–Trinajstić information content (AvgIpc) is 3.29. The highest BCUT2D eigenvalue weighted by molar-refractivity contribution is 6.12. The molecule has 0 aliphatic carbocycles. The number of nitrogens with zero attached hydrogens (tertiary/aromatic N) is 3. The molecule has 0 radical (unpaired) electrons. The molecular weight excluding hydrogens is 390 g/mol. The molecule has 7 rings (SSSR count). The summed E-state index contributed by atoms with van der Waals surface area (Å²) < 4.78 is 4.88. The molecule has 0 aliphatic rings. The van der Waals surface area contributed by atoms with Crippen molar-refractivity contribution in [2.24, 2.45) is 0 Å². The van der Waals surface area contributed by atoms with E-state index in [2.05, 4.69) is 106 Å². The zero-order valence-corrected chi connectivity index (χ0v) is 18.0. The highest BCUT2D eigenvalue weighted by atomic mass is 15.0. The lowest BCUT2D eigenvalue weighted by atomic mass is 10.1. The first-order chi connectivity index (χ1) is 15.8. The van der Waals surface area contributed by atoms with Crippen molar-refractivity contribution in [3.63, 3.8) is 0 Å². The fraction of sp³-hybridized carbons (Fsp3) is 0.0690. The van der Waals surface area contributed by atoms with E-state index in [-0.39, 0.29) is 0 Å². The number of hydrogen-bond donors (Lipinski definition) is 0. The van der Waals surface area contributed by atoms with Crippen molar-refractivity contribution in [1.82, 2.24) is 13.8 Å². The second-order valence-electron chi connectivity index (χ2n) is 8.56. The van der Waals surface area contributed by atoms with Crippen molar-refractivity contribution < 1.29 is 0 Å². The lowest BCUT2D eigenvalue weighted by Crippen LogP contribution is -1.94. The highest BCUT2D eigenvalue weighted by Crippen LogP contribution is 2.38. The summed E-state index contributed by atoms with van der Waals surface area (Å²) in [6.45, 7) is 4.50. The van der Waals surface area contributed by atoms with Crippen LogP contribution in [0.3, 0.4) is 0 Å². The second-order valence-corrected chi connectivity index (χ2v) is 8.56. The molecule has 0 N–H and O–H groups in total. The Morgan fingerprint density at radius 1 is 0.500 bits per heavy atom. The smallest absolute Gasteiger partial charge is 0.0742 e. The molecule has 4 aromatic heterocycles. The van der Waals surface area contributed by atoms with Crippen LogP contribution in [0.2, 0.25) is 0 Å². The maximum atomic E-state index is 4.55. The lowest BCUT2D eigenvalue weighted by Gasteiger charge is -2.10. The molecule has 3 aromatic carbocycles. The number of aryl methyl sites for hydroxylation is 2. The number of benzene rings is 3. The van der Waals surface area contributed by atoms with Gasteiger partial charge in [0.05, 0.1) is 39.3 Å². The predicted octanol–water partition coefficient (Wildman–Crippen LogP) is 7.38. The summed E-state index contributed by atoms with van der Waals surface area (Å²) >= 11 is 0. The summed E-state index contributed by atoms with van der Waals surface area (Å²) in [4.78, 5) is 4.55. The number of pyridine rings is 1. The summed E-state index contributed by atoms with van der Waals surface area (Å²) in [5.74, 6) is 0. The Labute approximate surface area is 184 Å². The zero-order chi connectivity index (χ0) is 21.4. The molecule has 3 heteroatoms. The molecule has 0 unspecified atom stereocenters. The minimum atomic E-state index is 1.12. The van der Waals surface area contributed by atoms with Gasteiger partial charge in [0.2, 0.25) is 0 Å². The fourth-order valence-electron chi connectivity index (χ4n) is 5.56. The summed E-state index contributed by atoms with van der Waals surface area (Å²) in [5.41, 5.74) is 9.86. The molecule has 3 nitrogen and oxygen atoms in total. The predicted molar refractivity (Wildman–Crippen MR) is 134 cm³/mol. The molecule has 4 heterocycles. The number of rotatable bonds is 0. The van der Waals surface area contributed by atoms with Gasteiger partial charge in [0.1, 0.15) is 0 Å². The van der Waals surface area contributed by atoms with Gasteiger partial charge in [-0.15, -0.1) is 0 Å². The first-order valence-corrected chi connectivity index (χ1v) is 11.0. The molecule has 0 aliphatic heterocycles. The van der Waals surface area contributed by atoms with Gasteiger partial charge in [-0.05, 0) is 49.2 Å². The van der Waals surface area contributed by atoms with Crippen molar-refractivity contribution in [2.75, 3.05) is 0 Å². The quantitative estimate of drug-likeness (QED) is 0.255.